The second kappa shape index (κ2) is 8.51. The van der Waals surface area contributed by atoms with Crippen LogP contribution in [-0.2, 0) is 11.3 Å². The quantitative estimate of drug-likeness (QED) is 0.873. The van der Waals surface area contributed by atoms with Crippen LogP contribution in [0.15, 0.2) is 17.5 Å². The summed E-state index contributed by atoms with van der Waals surface area (Å²) in [7, 11) is 0. The zero-order valence-electron chi connectivity index (χ0n) is 13.2. The summed E-state index contributed by atoms with van der Waals surface area (Å²) in [5.74, 6) is 0.378. The number of amides is 1. The van der Waals surface area contributed by atoms with E-state index in [0.29, 0.717) is 5.91 Å². The molecule has 1 fully saturated rings. The maximum atomic E-state index is 12.4. The predicted octanol–water partition coefficient (Wildman–Crippen LogP) is 2.03. The minimum atomic E-state index is 0.0776. The van der Waals surface area contributed by atoms with Crippen LogP contribution in [0, 0.1) is 5.92 Å². The third-order valence-electron chi connectivity index (χ3n) is 3.98. The second-order valence-electron chi connectivity index (χ2n) is 5.74. The lowest BCUT2D eigenvalue weighted by molar-refractivity contribution is -0.134. The fourth-order valence-corrected chi connectivity index (χ4v) is 3.48. The van der Waals surface area contributed by atoms with Crippen LogP contribution >= 0.6 is 11.3 Å². The number of carbonyl (C=O) groups excluding carboxylic acids is 1. The molecule has 118 valence electrons. The van der Waals surface area contributed by atoms with Crippen LogP contribution in [0.2, 0.25) is 0 Å². The summed E-state index contributed by atoms with van der Waals surface area (Å²) in [6.07, 6.45) is 1.07. The highest BCUT2D eigenvalue weighted by molar-refractivity contribution is 7.09. The van der Waals surface area contributed by atoms with Crippen LogP contribution in [0.5, 0.6) is 0 Å². The van der Waals surface area contributed by atoms with Crippen molar-refractivity contribution in [1.82, 2.24) is 15.1 Å². The molecular formula is C16H27N3OS. The van der Waals surface area contributed by atoms with Gasteiger partial charge < -0.3 is 10.2 Å². The van der Waals surface area contributed by atoms with Crippen molar-refractivity contribution in [3.05, 3.63) is 22.4 Å². The average molecular weight is 309 g/mol. The molecule has 2 heterocycles. The molecular weight excluding hydrogens is 282 g/mol. The summed E-state index contributed by atoms with van der Waals surface area (Å²) < 4.78 is 0. The van der Waals surface area contributed by atoms with Crippen molar-refractivity contribution in [2.24, 2.45) is 5.92 Å². The molecule has 1 aromatic rings. The first-order valence-corrected chi connectivity index (χ1v) is 8.83. The van der Waals surface area contributed by atoms with E-state index in [4.69, 9.17) is 0 Å². The minimum Gasteiger partial charge on any atom is -0.341 e. The molecule has 0 radical (unpaired) electrons. The van der Waals surface area contributed by atoms with Crippen LogP contribution in [0.4, 0.5) is 0 Å². The Labute approximate surface area is 132 Å². The number of hydrogen-bond donors (Lipinski definition) is 1. The second-order valence-corrected chi connectivity index (χ2v) is 6.78. The van der Waals surface area contributed by atoms with Crippen LogP contribution in [-0.4, -0.2) is 55.0 Å². The van der Waals surface area contributed by atoms with Gasteiger partial charge in [-0.15, -0.1) is 11.3 Å². The predicted molar refractivity (Wildman–Crippen MR) is 88.5 cm³/mol. The molecule has 1 saturated heterocycles. The van der Waals surface area contributed by atoms with Crippen LogP contribution in [0.1, 0.15) is 25.1 Å². The van der Waals surface area contributed by atoms with E-state index in [2.05, 4.69) is 39.6 Å². The molecule has 0 aliphatic carbocycles. The topological polar surface area (TPSA) is 35.6 Å². The van der Waals surface area contributed by atoms with Crippen LogP contribution in [0.25, 0.3) is 0 Å². The monoisotopic (exact) mass is 309 g/mol. The number of carbonyl (C=O) groups is 1. The van der Waals surface area contributed by atoms with Gasteiger partial charge in [0, 0.05) is 50.1 Å². The van der Waals surface area contributed by atoms with Crippen molar-refractivity contribution < 1.29 is 4.79 Å². The van der Waals surface area contributed by atoms with Crippen molar-refractivity contribution in [2.75, 3.05) is 39.3 Å². The smallest absolute Gasteiger partial charge is 0.226 e. The molecule has 1 unspecified atom stereocenters. The number of hydrogen-bond acceptors (Lipinski definition) is 4. The molecule has 1 amide bonds. The van der Waals surface area contributed by atoms with E-state index < -0.39 is 0 Å². The molecule has 1 aromatic heterocycles. The van der Waals surface area contributed by atoms with Crippen molar-refractivity contribution in [2.45, 2.75) is 26.8 Å². The lowest BCUT2D eigenvalue weighted by Gasteiger charge is -2.24. The number of nitrogens with zero attached hydrogens (tertiary/aromatic N) is 2. The Hall–Kier alpha value is -0.910. The molecule has 0 bridgehead atoms. The van der Waals surface area contributed by atoms with Crippen LogP contribution in [0.3, 0.4) is 0 Å². The van der Waals surface area contributed by atoms with Gasteiger partial charge >= 0.3 is 0 Å². The van der Waals surface area contributed by atoms with Crippen molar-refractivity contribution in [1.29, 1.82) is 0 Å². The Morgan fingerprint density at radius 2 is 2.24 bits per heavy atom. The normalized spacial score (nSPS) is 18.5. The van der Waals surface area contributed by atoms with Gasteiger partial charge in [-0.25, -0.2) is 0 Å². The fourth-order valence-electron chi connectivity index (χ4n) is 2.73. The maximum Gasteiger partial charge on any atom is 0.226 e. The van der Waals surface area contributed by atoms with Gasteiger partial charge in [-0.3, -0.25) is 9.69 Å². The number of thiophene rings is 1. The molecule has 4 nitrogen and oxygen atoms in total. The number of rotatable bonds is 6. The summed E-state index contributed by atoms with van der Waals surface area (Å²) in [5, 5.41) is 5.40. The van der Waals surface area contributed by atoms with E-state index in [1.807, 2.05) is 18.3 Å². The Morgan fingerprint density at radius 3 is 2.95 bits per heavy atom. The van der Waals surface area contributed by atoms with Gasteiger partial charge in [-0.2, -0.15) is 0 Å². The van der Waals surface area contributed by atoms with Gasteiger partial charge in [0.2, 0.25) is 5.91 Å². The molecule has 1 atom stereocenters. The zero-order chi connectivity index (χ0) is 15.1. The molecule has 2 rings (SSSR count). The number of nitrogens with one attached hydrogen (secondary N) is 1. The van der Waals surface area contributed by atoms with Gasteiger partial charge in [-0.05, 0) is 24.4 Å². The Bertz CT molecular complexity index is 421. The van der Waals surface area contributed by atoms with E-state index >= 15 is 0 Å². The molecule has 0 spiro atoms. The van der Waals surface area contributed by atoms with Gasteiger partial charge in [-0.1, -0.05) is 19.9 Å². The Kier molecular flexibility index (Phi) is 6.67. The Balaban J connectivity index is 1.81. The minimum absolute atomic E-state index is 0.0776. The molecule has 0 aromatic carbocycles. The summed E-state index contributed by atoms with van der Waals surface area (Å²) in [6, 6.07) is 4.30. The van der Waals surface area contributed by atoms with E-state index in [1.165, 1.54) is 4.88 Å². The first-order valence-electron chi connectivity index (χ1n) is 7.95. The van der Waals surface area contributed by atoms with Crippen molar-refractivity contribution in [3.8, 4) is 0 Å². The third kappa shape index (κ3) is 5.09. The highest BCUT2D eigenvalue weighted by atomic mass is 32.1. The van der Waals surface area contributed by atoms with Crippen molar-refractivity contribution in [3.63, 3.8) is 0 Å². The van der Waals surface area contributed by atoms with Crippen LogP contribution < -0.4 is 5.32 Å². The average Bonchev–Trinajstić information content (AvgIpc) is 2.89. The standard InChI is InChI=1S/C16H27N3OS/c1-3-17-12-14(2)16(20)19-8-5-7-18(9-10-19)13-15-6-4-11-21-15/h4,6,11,14,17H,3,5,7-10,12-13H2,1-2H3. The first kappa shape index (κ1) is 16.5. The summed E-state index contributed by atoms with van der Waals surface area (Å²) in [6.45, 7) is 10.7. The first-order chi connectivity index (χ1) is 10.2. The third-order valence-corrected chi connectivity index (χ3v) is 4.84. The summed E-state index contributed by atoms with van der Waals surface area (Å²) in [5.41, 5.74) is 0. The van der Waals surface area contributed by atoms with Gasteiger partial charge in [0.25, 0.3) is 0 Å². The molecule has 1 N–H and O–H groups in total. The Morgan fingerprint density at radius 1 is 1.38 bits per heavy atom. The molecule has 1 aliphatic rings. The summed E-state index contributed by atoms with van der Waals surface area (Å²) >= 11 is 1.81. The lowest BCUT2D eigenvalue weighted by atomic mass is 10.1. The van der Waals surface area contributed by atoms with E-state index in [9.17, 15) is 4.79 Å². The van der Waals surface area contributed by atoms with Gasteiger partial charge in [0.15, 0.2) is 0 Å². The van der Waals surface area contributed by atoms with Crippen molar-refractivity contribution >= 4 is 17.2 Å². The molecule has 21 heavy (non-hydrogen) atoms. The van der Waals surface area contributed by atoms with E-state index in [0.717, 1.165) is 52.2 Å². The zero-order valence-corrected chi connectivity index (χ0v) is 14.0. The summed E-state index contributed by atoms with van der Waals surface area (Å²) in [4.78, 5) is 18.4. The lowest BCUT2D eigenvalue weighted by Crippen LogP contribution is -2.41. The SMILES string of the molecule is CCNCC(C)C(=O)N1CCCN(Cc2cccs2)CC1. The fraction of sp³-hybridized carbons (Fsp3) is 0.688. The van der Waals surface area contributed by atoms with Gasteiger partial charge in [0.05, 0.1) is 0 Å². The largest absolute Gasteiger partial charge is 0.341 e. The molecule has 1 aliphatic heterocycles. The van der Waals surface area contributed by atoms with E-state index in [-0.39, 0.29) is 5.92 Å². The highest BCUT2D eigenvalue weighted by Gasteiger charge is 2.23. The maximum absolute atomic E-state index is 12.4. The molecule has 5 heteroatoms. The van der Waals surface area contributed by atoms with E-state index in [1.54, 1.807) is 0 Å². The molecule has 0 saturated carbocycles. The highest BCUT2D eigenvalue weighted by Crippen LogP contribution is 2.14. The van der Waals surface area contributed by atoms with Gasteiger partial charge in [0.1, 0.15) is 0 Å².